The van der Waals surface area contributed by atoms with Gasteiger partial charge < -0.3 is 5.32 Å². The molecule has 3 heteroatoms. The molecule has 1 N–H and O–H groups in total. The second-order valence-electron chi connectivity index (χ2n) is 3.84. The van der Waals surface area contributed by atoms with Crippen LogP contribution in [0.4, 0.5) is 0 Å². The number of hydrogen-bond donors (Lipinski definition) is 1. The van der Waals surface area contributed by atoms with Gasteiger partial charge in [-0.05, 0) is 19.5 Å². The van der Waals surface area contributed by atoms with Gasteiger partial charge in [-0.1, -0.05) is 30.3 Å². The highest BCUT2D eigenvalue weighted by Crippen LogP contribution is 2.18. The Balaban J connectivity index is 2.09. The lowest BCUT2D eigenvalue weighted by Crippen LogP contribution is -2.12. The standard InChI is InChI=1S/C13H16N2S/c1-10(14-2)12-9-16-13(15-12)8-11-6-4-3-5-7-11/h3-7,9-10,14H,8H2,1-2H3. The molecule has 0 spiro atoms. The normalized spacial score (nSPS) is 12.6. The molecule has 84 valence electrons. The molecule has 0 amide bonds. The summed E-state index contributed by atoms with van der Waals surface area (Å²) in [6, 6.07) is 10.8. The Morgan fingerprint density at radius 2 is 2.06 bits per heavy atom. The fourth-order valence-corrected chi connectivity index (χ4v) is 2.45. The number of benzene rings is 1. The number of nitrogens with zero attached hydrogens (tertiary/aromatic N) is 1. The summed E-state index contributed by atoms with van der Waals surface area (Å²) in [5, 5.41) is 6.52. The largest absolute Gasteiger partial charge is 0.312 e. The van der Waals surface area contributed by atoms with Crippen molar-refractivity contribution < 1.29 is 0 Å². The summed E-state index contributed by atoms with van der Waals surface area (Å²) in [4.78, 5) is 4.63. The molecule has 1 aromatic carbocycles. The Morgan fingerprint density at radius 3 is 2.75 bits per heavy atom. The van der Waals surface area contributed by atoms with Crippen LogP contribution in [0.1, 0.15) is 29.2 Å². The fraction of sp³-hybridized carbons (Fsp3) is 0.308. The van der Waals surface area contributed by atoms with Gasteiger partial charge in [0.25, 0.3) is 0 Å². The zero-order valence-corrected chi connectivity index (χ0v) is 10.4. The Hall–Kier alpha value is -1.19. The van der Waals surface area contributed by atoms with Crippen LogP contribution in [-0.4, -0.2) is 12.0 Å². The molecule has 0 radical (unpaired) electrons. The van der Waals surface area contributed by atoms with E-state index in [2.05, 4.69) is 46.9 Å². The summed E-state index contributed by atoms with van der Waals surface area (Å²) in [6.45, 7) is 2.13. The monoisotopic (exact) mass is 232 g/mol. The second kappa shape index (κ2) is 5.23. The molecule has 1 unspecified atom stereocenters. The van der Waals surface area contributed by atoms with Crippen molar-refractivity contribution in [3.8, 4) is 0 Å². The number of aromatic nitrogens is 1. The number of hydrogen-bond acceptors (Lipinski definition) is 3. The maximum absolute atomic E-state index is 4.63. The first-order valence-corrected chi connectivity index (χ1v) is 6.33. The van der Waals surface area contributed by atoms with Gasteiger partial charge in [0.05, 0.1) is 10.7 Å². The molecule has 0 aliphatic rings. The summed E-state index contributed by atoms with van der Waals surface area (Å²) in [7, 11) is 1.96. The predicted octanol–water partition coefficient (Wildman–Crippen LogP) is 3.01. The van der Waals surface area contributed by atoms with Crippen molar-refractivity contribution in [2.24, 2.45) is 0 Å². The van der Waals surface area contributed by atoms with E-state index in [1.165, 1.54) is 10.6 Å². The maximum atomic E-state index is 4.63. The van der Waals surface area contributed by atoms with Gasteiger partial charge in [0.15, 0.2) is 0 Å². The molecule has 1 heterocycles. The lowest BCUT2D eigenvalue weighted by molar-refractivity contribution is 0.635. The second-order valence-corrected chi connectivity index (χ2v) is 4.78. The number of rotatable bonds is 4. The number of nitrogens with one attached hydrogen (secondary N) is 1. The van der Waals surface area contributed by atoms with Crippen molar-refractivity contribution in [1.29, 1.82) is 0 Å². The average Bonchev–Trinajstić information content (AvgIpc) is 2.78. The molecule has 0 saturated carbocycles. The summed E-state index contributed by atoms with van der Waals surface area (Å²) >= 11 is 1.74. The van der Waals surface area contributed by atoms with Crippen LogP contribution in [-0.2, 0) is 6.42 Å². The average molecular weight is 232 g/mol. The third-order valence-electron chi connectivity index (χ3n) is 2.64. The van der Waals surface area contributed by atoms with Crippen LogP contribution in [0.2, 0.25) is 0 Å². The molecule has 2 aromatic rings. The molecular weight excluding hydrogens is 216 g/mol. The first-order chi connectivity index (χ1) is 7.79. The highest BCUT2D eigenvalue weighted by Gasteiger charge is 2.07. The van der Waals surface area contributed by atoms with Crippen LogP contribution >= 0.6 is 11.3 Å². The molecule has 0 bridgehead atoms. The highest BCUT2D eigenvalue weighted by atomic mass is 32.1. The van der Waals surface area contributed by atoms with Crippen molar-refractivity contribution in [3.63, 3.8) is 0 Å². The van der Waals surface area contributed by atoms with Gasteiger partial charge in [-0.3, -0.25) is 0 Å². The van der Waals surface area contributed by atoms with E-state index in [0.29, 0.717) is 6.04 Å². The van der Waals surface area contributed by atoms with Crippen LogP contribution in [0.15, 0.2) is 35.7 Å². The summed E-state index contributed by atoms with van der Waals surface area (Å²) in [5.41, 5.74) is 2.46. The minimum atomic E-state index is 0.334. The van der Waals surface area contributed by atoms with E-state index in [9.17, 15) is 0 Å². The third kappa shape index (κ3) is 2.68. The molecule has 2 nitrogen and oxygen atoms in total. The maximum Gasteiger partial charge on any atom is 0.0972 e. The third-order valence-corrected chi connectivity index (χ3v) is 3.51. The van der Waals surface area contributed by atoms with Gasteiger partial charge in [0, 0.05) is 17.8 Å². The topological polar surface area (TPSA) is 24.9 Å². The molecule has 1 aromatic heterocycles. The summed E-state index contributed by atoms with van der Waals surface area (Å²) in [6.07, 6.45) is 0.932. The predicted molar refractivity (Wildman–Crippen MR) is 68.8 cm³/mol. The molecule has 0 aliphatic carbocycles. The van der Waals surface area contributed by atoms with Crippen molar-refractivity contribution in [1.82, 2.24) is 10.3 Å². The molecule has 1 atom stereocenters. The van der Waals surface area contributed by atoms with E-state index in [-0.39, 0.29) is 0 Å². The summed E-state index contributed by atoms with van der Waals surface area (Å²) < 4.78 is 0. The van der Waals surface area contributed by atoms with E-state index in [4.69, 9.17) is 0 Å². The van der Waals surface area contributed by atoms with E-state index < -0.39 is 0 Å². The molecule has 0 aliphatic heterocycles. The molecule has 0 saturated heterocycles. The van der Waals surface area contributed by atoms with Crippen LogP contribution in [0.5, 0.6) is 0 Å². The van der Waals surface area contributed by atoms with Crippen LogP contribution in [0.25, 0.3) is 0 Å². The minimum absolute atomic E-state index is 0.334. The van der Waals surface area contributed by atoms with E-state index in [1.54, 1.807) is 11.3 Å². The zero-order valence-electron chi connectivity index (χ0n) is 9.60. The quantitative estimate of drug-likeness (QED) is 0.876. The van der Waals surface area contributed by atoms with Gasteiger partial charge in [-0.15, -0.1) is 11.3 Å². The summed E-state index contributed by atoms with van der Waals surface area (Å²) in [5.74, 6) is 0. The van der Waals surface area contributed by atoms with Crippen LogP contribution in [0.3, 0.4) is 0 Å². The van der Waals surface area contributed by atoms with Crippen molar-refractivity contribution >= 4 is 11.3 Å². The minimum Gasteiger partial charge on any atom is -0.312 e. The first-order valence-electron chi connectivity index (χ1n) is 5.45. The van der Waals surface area contributed by atoms with Crippen molar-refractivity contribution in [2.45, 2.75) is 19.4 Å². The molecular formula is C13H16N2S. The lowest BCUT2D eigenvalue weighted by Gasteiger charge is -2.04. The highest BCUT2D eigenvalue weighted by molar-refractivity contribution is 7.09. The smallest absolute Gasteiger partial charge is 0.0972 e. The first kappa shape index (κ1) is 11.3. The Bertz CT molecular complexity index is 436. The van der Waals surface area contributed by atoms with Gasteiger partial charge in [-0.25, -0.2) is 4.98 Å². The number of thiazole rings is 1. The fourth-order valence-electron chi connectivity index (χ4n) is 1.52. The molecule has 0 fully saturated rings. The van der Waals surface area contributed by atoms with Crippen molar-refractivity contribution in [3.05, 3.63) is 52.0 Å². The van der Waals surface area contributed by atoms with Gasteiger partial charge in [0.1, 0.15) is 0 Å². The van der Waals surface area contributed by atoms with E-state index in [1.807, 2.05) is 13.1 Å². The zero-order chi connectivity index (χ0) is 11.4. The van der Waals surface area contributed by atoms with E-state index >= 15 is 0 Å². The Morgan fingerprint density at radius 1 is 1.31 bits per heavy atom. The van der Waals surface area contributed by atoms with Gasteiger partial charge in [0.2, 0.25) is 0 Å². The van der Waals surface area contributed by atoms with Gasteiger partial charge >= 0.3 is 0 Å². The lowest BCUT2D eigenvalue weighted by atomic mass is 10.2. The van der Waals surface area contributed by atoms with Crippen LogP contribution < -0.4 is 5.32 Å². The van der Waals surface area contributed by atoms with Crippen molar-refractivity contribution in [2.75, 3.05) is 7.05 Å². The van der Waals surface area contributed by atoms with Gasteiger partial charge in [-0.2, -0.15) is 0 Å². The Kier molecular flexibility index (Phi) is 3.70. The molecule has 2 rings (SSSR count). The molecule has 16 heavy (non-hydrogen) atoms. The van der Waals surface area contributed by atoms with E-state index in [0.717, 1.165) is 12.1 Å². The Labute approximate surface area is 100 Å². The van der Waals surface area contributed by atoms with Crippen LogP contribution in [0, 0.1) is 0 Å². The SMILES string of the molecule is CNC(C)c1csc(Cc2ccccc2)n1.